The molecular formula is C15H23N5O3. The zero-order valence-electron chi connectivity index (χ0n) is 13.9. The molecule has 0 aromatic carbocycles. The lowest BCUT2D eigenvalue weighted by atomic mass is 10.0. The molecule has 0 spiro atoms. The number of anilines is 1. The molecule has 0 fully saturated rings. The smallest absolute Gasteiger partial charge is 0.326 e. The lowest BCUT2D eigenvalue weighted by Gasteiger charge is -2.32. The SMILES string of the molecule is CCCCC(NC(=O)C1=C(C)N(C)c2ncnn2C1C)C(=O)O. The fourth-order valence-electron chi connectivity index (χ4n) is 2.77. The molecule has 2 rings (SSSR count). The number of amides is 1. The van der Waals surface area contributed by atoms with Gasteiger partial charge < -0.3 is 15.3 Å². The number of carbonyl (C=O) groups is 2. The van der Waals surface area contributed by atoms with Gasteiger partial charge in [-0.15, -0.1) is 0 Å². The van der Waals surface area contributed by atoms with Crippen molar-refractivity contribution in [1.29, 1.82) is 0 Å². The molecule has 1 aliphatic heterocycles. The first-order valence-electron chi connectivity index (χ1n) is 7.76. The number of carbonyl (C=O) groups excluding carboxylic acids is 1. The molecular weight excluding hydrogens is 298 g/mol. The van der Waals surface area contributed by atoms with Crippen molar-refractivity contribution >= 4 is 17.8 Å². The second-order valence-corrected chi connectivity index (χ2v) is 5.75. The van der Waals surface area contributed by atoms with Crippen LogP contribution in [0, 0.1) is 0 Å². The summed E-state index contributed by atoms with van der Waals surface area (Å²) in [7, 11) is 1.81. The zero-order chi connectivity index (χ0) is 17.1. The number of hydrogen-bond acceptors (Lipinski definition) is 5. The molecule has 23 heavy (non-hydrogen) atoms. The number of aliphatic carboxylic acids is 1. The Balaban J connectivity index is 2.23. The van der Waals surface area contributed by atoms with Gasteiger partial charge in [-0.25, -0.2) is 9.48 Å². The van der Waals surface area contributed by atoms with Crippen molar-refractivity contribution in [1.82, 2.24) is 20.1 Å². The number of nitrogens with one attached hydrogen (secondary N) is 1. The largest absolute Gasteiger partial charge is 0.480 e. The number of carboxylic acids is 1. The second kappa shape index (κ2) is 6.80. The summed E-state index contributed by atoms with van der Waals surface area (Å²) in [5.41, 5.74) is 1.25. The van der Waals surface area contributed by atoms with E-state index in [1.54, 1.807) is 16.6 Å². The maximum absolute atomic E-state index is 12.7. The van der Waals surface area contributed by atoms with Gasteiger partial charge >= 0.3 is 5.97 Å². The first-order chi connectivity index (χ1) is 10.9. The summed E-state index contributed by atoms with van der Waals surface area (Å²) >= 11 is 0. The number of carboxylic acid groups (broad SMARTS) is 1. The van der Waals surface area contributed by atoms with Gasteiger partial charge in [0.1, 0.15) is 12.4 Å². The van der Waals surface area contributed by atoms with Crippen LogP contribution in [0.5, 0.6) is 0 Å². The normalized spacial score (nSPS) is 18.6. The summed E-state index contributed by atoms with van der Waals surface area (Å²) in [5, 5.41) is 16.1. The molecule has 0 bridgehead atoms. The molecule has 2 heterocycles. The van der Waals surface area contributed by atoms with Gasteiger partial charge in [0.2, 0.25) is 5.95 Å². The molecule has 0 aliphatic carbocycles. The third-order valence-corrected chi connectivity index (χ3v) is 4.23. The molecule has 2 unspecified atom stereocenters. The van der Waals surface area contributed by atoms with E-state index >= 15 is 0 Å². The highest BCUT2D eigenvalue weighted by Gasteiger charge is 2.33. The molecule has 1 aromatic heterocycles. The fourth-order valence-corrected chi connectivity index (χ4v) is 2.77. The predicted molar refractivity (Wildman–Crippen MR) is 84.9 cm³/mol. The van der Waals surface area contributed by atoms with Crippen molar-refractivity contribution in [2.24, 2.45) is 0 Å². The lowest BCUT2D eigenvalue weighted by Crippen LogP contribution is -2.44. The van der Waals surface area contributed by atoms with E-state index in [-0.39, 0.29) is 11.9 Å². The average Bonchev–Trinajstić information content (AvgIpc) is 2.99. The Bertz CT molecular complexity index is 637. The number of fused-ring (bicyclic) bond motifs is 1. The Morgan fingerprint density at radius 1 is 1.48 bits per heavy atom. The van der Waals surface area contributed by atoms with E-state index in [4.69, 9.17) is 0 Å². The number of hydrogen-bond donors (Lipinski definition) is 2. The summed E-state index contributed by atoms with van der Waals surface area (Å²) in [5.74, 6) is -0.720. The minimum absolute atomic E-state index is 0.302. The molecule has 0 saturated heterocycles. The summed E-state index contributed by atoms with van der Waals surface area (Å²) < 4.78 is 1.66. The van der Waals surface area contributed by atoms with Crippen LogP contribution in [0.25, 0.3) is 0 Å². The van der Waals surface area contributed by atoms with Gasteiger partial charge in [-0.05, 0) is 20.3 Å². The summed E-state index contributed by atoms with van der Waals surface area (Å²) in [6, 6.07) is -1.18. The van der Waals surface area contributed by atoms with Gasteiger partial charge in [-0.1, -0.05) is 19.8 Å². The number of aromatic nitrogens is 3. The van der Waals surface area contributed by atoms with Crippen LogP contribution in [0.4, 0.5) is 5.95 Å². The van der Waals surface area contributed by atoms with Crippen molar-refractivity contribution in [2.75, 3.05) is 11.9 Å². The highest BCUT2D eigenvalue weighted by Crippen LogP contribution is 2.32. The second-order valence-electron chi connectivity index (χ2n) is 5.75. The Morgan fingerprint density at radius 2 is 2.17 bits per heavy atom. The van der Waals surface area contributed by atoms with E-state index in [1.807, 2.05) is 20.8 Å². The summed E-state index contributed by atoms with van der Waals surface area (Å²) in [6.07, 6.45) is 3.49. The van der Waals surface area contributed by atoms with Gasteiger partial charge in [0.05, 0.1) is 11.6 Å². The van der Waals surface area contributed by atoms with E-state index in [0.717, 1.165) is 18.5 Å². The Kier molecular flexibility index (Phi) is 5.02. The summed E-state index contributed by atoms with van der Waals surface area (Å²) in [4.78, 5) is 30.0. The van der Waals surface area contributed by atoms with Gasteiger partial charge in [-0.3, -0.25) is 4.79 Å². The average molecular weight is 321 g/mol. The van der Waals surface area contributed by atoms with E-state index < -0.39 is 12.0 Å². The summed E-state index contributed by atoms with van der Waals surface area (Å²) in [6.45, 7) is 5.66. The quantitative estimate of drug-likeness (QED) is 0.819. The van der Waals surface area contributed by atoms with Gasteiger partial charge in [-0.2, -0.15) is 10.1 Å². The van der Waals surface area contributed by atoms with Crippen molar-refractivity contribution in [3.63, 3.8) is 0 Å². The van der Waals surface area contributed by atoms with Crippen LogP contribution in [-0.2, 0) is 9.59 Å². The molecule has 0 radical (unpaired) electrons. The third kappa shape index (κ3) is 3.20. The van der Waals surface area contributed by atoms with Crippen LogP contribution >= 0.6 is 0 Å². The Hall–Kier alpha value is -2.38. The first-order valence-corrected chi connectivity index (χ1v) is 7.76. The van der Waals surface area contributed by atoms with Crippen molar-refractivity contribution in [2.45, 2.75) is 52.1 Å². The monoisotopic (exact) mass is 321 g/mol. The van der Waals surface area contributed by atoms with Crippen LogP contribution in [0.15, 0.2) is 17.6 Å². The fraction of sp³-hybridized carbons (Fsp3) is 0.600. The van der Waals surface area contributed by atoms with E-state index in [0.29, 0.717) is 17.9 Å². The number of rotatable bonds is 6. The van der Waals surface area contributed by atoms with Crippen molar-refractivity contribution in [3.8, 4) is 0 Å². The van der Waals surface area contributed by atoms with E-state index in [1.165, 1.54) is 6.33 Å². The number of nitrogens with zero attached hydrogens (tertiary/aromatic N) is 4. The number of allylic oxidation sites excluding steroid dienone is 1. The van der Waals surface area contributed by atoms with Crippen molar-refractivity contribution < 1.29 is 14.7 Å². The van der Waals surface area contributed by atoms with Gasteiger partial charge in [0.15, 0.2) is 0 Å². The van der Waals surface area contributed by atoms with Crippen LogP contribution in [0.3, 0.4) is 0 Å². The zero-order valence-corrected chi connectivity index (χ0v) is 13.9. The molecule has 8 nitrogen and oxygen atoms in total. The molecule has 126 valence electrons. The highest BCUT2D eigenvalue weighted by molar-refractivity contribution is 5.98. The van der Waals surface area contributed by atoms with Crippen LogP contribution < -0.4 is 10.2 Å². The maximum Gasteiger partial charge on any atom is 0.326 e. The maximum atomic E-state index is 12.7. The molecule has 2 atom stereocenters. The van der Waals surface area contributed by atoms with Gasteiger partial charge in [0, 0.05) is 12.7 Å². The van der Waals surface area contributed by atoms with Crippen molar-refractivity contribution in [3.05, 3.63) is 17.6 Å². The standard InChI is InChI=1S/C15H23N5O3/c1-5-6-7-11(14(22)23)18-13(21)12-9(2)19(4)15-16-8-17-20(15)10(12)3/h8,10-11H,5-7H2,1-4H3,(H,18,21)(H,22,23). The highest BCUT2D eigenvalue weighted by atomic mass is 16.4. The number of unbranched alkanes of at least 4 members (excludes halogenated alkanes) is 1. The first kappa shape index (κ1) is 17.0. The molecule has 2 N–H and O–H groups in total. The topological polar surface area (TPSA) is 100 Å². The molecule has 8 heteroatoms. The van der Waals surface area contributed by atoms with Crippen LogP contribution in [0.2, 0.25) is 0 Å². The molecule has 0 saturated carbocycles. The van der Waals surface area contributed by atoms with E-state index in [2.05, 4.69) is 15.4 Å². The lowest BCUT2D eigenvalue weighted by molar-refractivity contribution is -0.141. The minimum atomic E-state index is -1.01. The van der Waals surface area contributed by atoms with Crippen LogP contribution in [0.1, 0.15) is 46.1 Å². The van der Waals surface area contributed by atoms with E-state index in [9.17, 15) is 14.7 Å². The Labute approximate surface area is 135 Å². The minimum Gasteiger partial charge on any atom is -0.480 e. The predicted octanol–water partition coefficient (Wildman–Crippen LogP) is 1.32. The molecule has 1 aromatic rings. The van der Waals surface area contributed by atoms with Crippen LogP contribution in [-0.4, -0.2) is 44.8 Å². The molecule has 1 aliphatic rings. The molecule has 1 amide bonds. The van der Waals surface area contributed by atoms with Gasteiger partial charge in [0.25, 0.3) is 5.91 Å². The third-order valence-electron chi connectivity index (χ3n) is 4.23. The Morgan fingerprint density at radius 3 is 2.78 bits per heavy atom.